The SMILES string of the molecule is c1ccc(-c2ccc(-c3ccc(-n4c5ccccc5c5cc(-c6ccc7c(c6)c6ccccc6n7-c6ccccc6)ccc54)cc3)cn2)cc1.c1ccc(-c2ccc(-c3cccc(-c4cccc(-n5c6ccccc6c6cc(-c7ccc8c(c7)c7ccccc7n8-c7ccccc7)ccc65)n4)c3)cc2)cc1. The van der Waals surface area contributed by atoms with Crippen molar-refractivity contribution < 1.29 is 0 Å². The third-order valence-corrected chi connectivity index (χ3v) is 21.1. The third-order valence-electron chi connectivity index (χ3n) is 21.1. The molecule has 0 saturated carbocycles. The molecule has 106 heavy (non-hydrogen) atoms. The molecule has 0 radical (unpaired) electrons. The van der Waals surface area contributed by atoms with Crippen LogP contribution in [0.4, 0.5) is 0 Å². The van der Waals surface area contributed by atoms with E-state index in [2.05, 4.69) is 394 Å². The highest BCUT2D eigenvalue weighted by Crippen LogP contribution is 2.42. The van der Waals surface area contributed by atoms with E-state index in [1.807, 2.05) is 24.4 Å². The van der Waals surface area contributed by atoms with Crippen molar-refractivity contribution in [3.8, 4) is 101 Å². The van der Waals surface area contributed by atoms with Crippen molar-refractivity contribution in [1.29, 1.82) is 0 Å². The van der Waals surface area contributed by atoms with Gasteiger partial charge in [-0.2, -0.15) is 0 Å². The molecule has 0 fully saturated rings. The van der Waals surface area contributed by atoms with Gasteiger partial charge in [-0.25, -0.2) is 4.98 Å². The van der Waals surface area contributed by atoms with Gasteiger partial charge >= 0.3 is 0 Å². The van der Waals surface area contributed by atoms with Gasteiger partial charge in [0, 0.05) is 83.0 Å². The zero-order chi connectivity index (χ0) is 70.0. The van der Waals surface area contributed by atoms with Crippen LogP contribution < -0.4 is 0 Å². The molecule has 0 N–H and O–H groups in total. The minimum Gasteiger partial charge on any atom is -0.309 e. The number of nitrogens with zero attached hydrogens (tertiary/aromatic N) is 6. The molecule has 6 heterocycles. The maximum absolute atomic E-state index is 5.31. The van der Waals surface area contributed by atoms with Crippen LogP contribution in [0.3, 0.4) is 0 Å². The van der Waals surface area contributed by atoms with E-state index in [0.29, 0.717) is 0 Å². The standard InChI is InChI=1S/C53H35N3.C47H31N3/c1-3-13-36(14-4-1)37-25-27-38(28-26-37)39-15-11-16-42(33-39)48-21-12-24-53(54-48)56-50-23-10-8-20-45(50)47-35-41(30-32-52(47)56)40-29-31-51-46(34-40)44-19-7-9-22-49(44)55(51)43-17-5-2-6-18-43;1-3-11-33(12-4-1)43-26-21-36(31-48-43)32-19-24-38(25-20-32)50-45-18-10-8-16-40(45)42-30-35(23-28-47(42)50)34-22-27-46-41(29-34)39-15-7-9-17-44(39)49(46)37-13-5-2-6-14-37/h1-35H;1-31H. The molecule has 6 aromatic heterocycles. The van der Waals surface area contributed by atoms with Crippen LogP contribution in [0, 0.1) is 0 Å². The lowest BCUT2D eigenvalue weighted by Gasteiger charge is -2.11. The Labute approximate surface area is 613 Å². The quantitative estimate of drug-likeness (QED) is 0.130. The maximum Gasteiger partial charge on any atom is 0.138 e. The van der Waals surface area contributed by atoms with E-state index in [-0.39, 0.29) is 0 Å². The summed E-state index contributed by atoms with van der Waals surface area (Å²) in [5.74, 6) is 0.897. The molecule has 0 amide bonds. The van der Waals surface area contributed by atoms with Crippen molar-refractivity contribution in [3.05, 3.63) is 401 Å². The first-order valence-electron chi connectivity index (χ1n) is 36.2. The second kappa shape index (κ2) is 26.0. The summed E-state index contributed by atoms with van der Waals surface area (Å²) in [7, 11) is 0. The van der Waals surface area contributed by atoms with Crippen molar-refractivity contribution in [2.75, 3.05) is 0 Å². The van der Waals surface area contributed by atoms with Gasteiger partial charge in [0.05, 0.1) is 55.5 Å². The largest absolute Gasteiger partial charge is 0.309 e. The van der Waals surface area contributed by atoms with E-state index in [0.717, 1.165) is 56.2 Å². The van der Waals surface area contributed by atoms with Gasteiger partial charge in [0.25, 0.3) is 0 Å². The Bertz CT molecular complexity index is 6890. The molecule has 496 valence electrons. The predicted molar refractivity (Wildman–Crippen MR) is 444 cm³/mol. The van der Waals surface area contributed by atoms with E-state index < -0.39 is 0 Å². The molecule has 0 aliphatic heterocycles. The third kappa shape index (κ3) is 10.8. The fourth-order valence-corrected chi connectivity index (χ4v) is 16.0. The molecule has 6 nitrogen and oxygen atoms in total. The Morgan fingerprint density at radius 3 is 0.915 bits per heavy atom. The number of benzene rings is 15. The number of para-hydroxylation sites is 6. The summed E-state index contributed by atoms with van der Waals surface area (Å²) in [6.45, 7) is 0. The lowest BCUT2D eigenvalue weighted by Crippen LogP contribution is -1.98. The molecular weight excluding hydrogens is 1290 g/mol. The van der Waals surface area contributed by atoms with Gasteiger partial charge in [0.2, 0.25) is 0 Å². The van der Waals surface area contributed by atoms with Crippen LogP contribution >= 0.6 is 0 Å². The number of hydrogen-bond donors (Lipinski definition) is 0. The number of aromatic nitrogens is 6. The van der Waals surface area contributed by atoms with Crippen molar-refractivity contribution in [2.24, 2.45) is 0 Å². The average Bonchev–Trinajstić information content (AvgIpc) is 1.60. The highest BCUT2D eigenvalue weighted by molar-refractivity contribution is 6.15. The van der Waals surface area contributed by atoms with Crippen molar-refractivity contribution in [3.63, 3.8) is 0 Å². The monoisotopic (exact) mass is 1350 g/mol. The number of pyridine rings is 2. The minimum absolute atomic E-state index is 0.897. The molecule has 6 heteroatoms. The Morgan fingerprint density at radius 2 is 0.462 bits per heavy atom. The molecule has 21 rings (SSSR count). The molecule has 0 spiro atoms. The first-order chi connectivity index (χ1) is 52.6. The fraction of sp³-hybridized carbons (Fsp3) is 0. The van der Waals surface area contributed by atoms with E-state index in [1.165, 1.54) is 132 Å². The minimum atomic E-state index is 0.897. The first kappa shape index (κ1) is 61.7. The molecular formula is C100H66N6. The van der Waals surface area contributed by atoms with Gasteiger partial charge in [0.15, 0.2) is 0 Å². The van der Waals surface area contributed by atoms with E-state index in [9.17, 15) is 0 Å². The molecule has 0 aliphatic carbocycles. The Hall–Kier alpha value is -14.2. The second-order valence-electron chi connectivity index (χ2n) is 27.3. The van der Waals surface area contributed by atoms with Crippen LogP contribution in [0.1, 0.15) is 0 Å². The highest BCUT2D eigenvalue weighted by atomic mass is 15.1. The summed E-state index contributed by atoms with van der Waals surface area (Å²) >= 11 is 0. The van der Waals surface area contributed by atoms with Gasteiger partial charge in [-0.05, 0) is 184 Å². The predicted octanol–water partition coefficient (Wildman–Crippen LogP) is 26.2. The summed E-state index contributed by atoms with van der Waals surface area (Å²) in [6, 6.07) is 141. The first-order valence-corrected chi connectivity index (χ1v) is 36.2. The van der Waals surface area contributed by atoms with E-state index in [1.54, 1.807) is 0 Å². The lowest BCUT2D eigenvalue weighted by atomic mass is 9.98. The number of hydrogen-bond acceptors (Lipinski definition) is 2. The van der Waals surface area contributed by atoms with Crippen LogP contribution in [0.2, 0.25) is 0 Å². The topological polar surface area (TPSA) is 45.5 Å². The van der Waals surface area contributed by atoms with Crippen LogP contribution in [0.25, 0.3) is 188 Å². The zero-order valence-corrected chi connectivity index (χ0v) is 57.8. The van der Waals surface area contributed by atoms with E-state index in [4.69, 9.17) is 9.97 Å². The summed E-state index contributed by atoms with van der Waals surface area (Å²) in [5.41, 5.74) is 29.0. The van der Waals surface area contributed by atoms with Gasteiger partial charge in [-0.1, -0.05) is 261 Å². The van der Waals surface area contributed by atoms with Crippen molar-refractivity contribution in [1.82, 2.24) is 28.2 Å². The summed E-state index contributed by atoms with van der Waals surface area (Å²) in [4.78, 5) is 10.1. The Kier molecular flexibility index (Phi) is 15.1. The summed E-state index contributed by atoms with van der Waals surface area (Å²) in [5, 5.41) is 9.93. The van der Waals surface area contributed by atoms with Crippen molar-refractivity contribution in [2.45, 2.75) is 0 Å². The highest BCUT2D eigenvalue weighted by Gasteiger charge is 2.20. The maximum atomic E-state index is 5.31. The van der Waals surface area contributed by atoms with Crippen LogP contribution in [0.15, 0.2) is 401 Å². The number of fused-ring (bicyclic) bond motifs is 12. The molecule has 0 atom stereocenters. The summed E-state index contributed by atoms with van der Waals surface area (Å²) < 4.78 is 9.42. The van der Waals surface area contributed by atoms with Crippen LogP contribution in [-0.4, -0.2) is 28.2 Å². The van der Waals surface area contributed by atoms with Gasteiger partial charge in [0.1, 0.15) is 5.82 Å². The zero-order valence-electron chi connectivity index (χ0n) is 57.8. The van der Waals surface area contributed by atoms with E-state index >= 15 is 0 Å². The molecule has 0 saturated heterocycles. The Morgan fingerprint density at radius 1 is 0.160 bits per heavy atom. The second-order valence-corrected chi connectivity index (χ2v) is 27.3. The van der Waals surface area contributed by atoms with Crippen LogP contribution in [-0.2, 0) is 0 Å². The average molecular weight is 1350 g/mol. The van der Waals surface area contributed by atoms with Crippen molar-refractivity contribution >= 4 is 87.2 Å². The smallest absolute Gasteiger partial charge is 0.138 e. The normalized spacial score (nSPS) is 11.6. The molecule has 15 aromatic carbocycles. The summed E-state index contributed by atoms with van der Waals surface area (Å²) in [6.07, 6.45) is 1.97. The molecule has 0 bridgehead atoms. The number of rotatable bonds is 11. The lowest BCUT2D eigenvalue weighted by molar-refractivity contribution is 1.08. The van der Waals surface area contributed by atoms with Gasteiger partial charge in [-0.15, -0.1) is 0 Å². The fourth-order valence-electron chi connectivity index (χ4n) is 16.0. The van der Waals surface area contributed by atoms with Gasteiger partial charge in [-0.3, -0.25) is 9.55 Å². The van der Waals surface area contributed by atoms with Crippen LogP contribution in [0.5, 0.6) is 0 Å². The Balaban J connectivity index is 0.000000141. The molecule has 21 aromatic rings. The molecule has 0 unspecified atom stereocenters. The molecule has 0 aliphatic rings. The van der Waals surface area contributed by atoms with Gasteiger partial charge < -0.3 is 13.7 Å².